The van der Waals surface area contributed by atoms with Gasteiger partial charge in [-0.25, -0.2) is 4.68 Å². The molecule has 0 fully saturated rings. The van der Waals surface area contributed by atoms with Gasteiger partial charge in [-0.2, -0.15) is 5.10 Å². The van der Waals surface area contributed by atoms with Crippen LogP contribution in [-0.4, -0.2) is 14.9 Å². The number of aromatic nitrogens is 2. The van der Waals surface area contributed by atoms with Gasteiger partial charge in [0.1, 0.15) is 5.69 Å². The predicted molar refractivity (Wildman–Crippen MR) is 85.2 cm³/mol. The zero-order valence-electron chi connectivity index (χ0n) is 12.2. The molecule has 3 rings (SSSR count). The molecule has 0 spiro atoms. The molecule has 0 saturated carbocycles. The first kappa shape index (κ1) is 13.4. The minimum atomic E-state index is 0.224. The van der Waals surface area contributed by atoms with Gasteiger partial charge >= 0.3 is 0 Å². The van der Waals surface area contributed by atoms with Crippen molar-refractivity contribution in [3.63, 3.8) is 0 Å². The van der Waals surface area contributed by atoms with Crippen LogP contribution in [0.1, 0.15) is 12.5 Å². The Kier molecular flexibility index (Phi) is 3.48. The number of benzene rings is 2. The maximum absolute atomic E-state index is 10.5. The van der Waals surface area contributed by atoms with Gasteiger partial charge in [-0.1, -0.05) is 54.6 Å². The lowest BCUT2D eigenvalue weighted by Gasteiger charge is -2.06. The molecule has 1 heterocycles. The summed E-state index contributed by atoms with van der Waals surface area (Å²) in [7, 11) is 0. The van der Waals surface area contributed by atoms with Gasteiger partial charge in [0.2, 0.25) is 5.88 Å². The SMILES string of the molecule is CCn1nc(-c2ccccc2C)c(-c2ccccc2)c1O. The van der Waals surface area contributed by atoms with Crippen LogP contribution in [-0.2, 0) is 6.54 Å². The Bertz CT molecular complexity index is 760. The van der Waals surface area contributed by atoms with Gasteiger partial charge in [-0.15, -0.1) is 0 Å². The summed E-state index contributed by atoms with van der Waals surface area (Å²) in [4.78, 5) is 0. The third kappa shape index (κ3) is 2.31. The number of nitrogens with zero attached hydrogens (tertiary/aromatic N) is 2. The fourth-order valence-electron chi connectivity index (χ4n) is 2.57. The maximum Gasteiger partial charge on any atom is 0.218 e. The van der Waals surface area contributed by atoms with Crippen LogP contribution in [0, 0.1) is 6.92 Å². The van der Waals surface area contributed by atoms with Gasteiger partial charge in [-0.05, 0) is 25.0 Å². The lowest BCUT2D eigenvalue weighted by molar-refractivity contribution is 0.407. The van der Waals surface area contributed by atoms with Crippen molar-refractivity contribution < 1.29 is 5.11 Å². The highest BCUT2D eigenvalue weighted by Gasteiger charge is 2.20. The molecule has 0 aliphatic rings. The molecular weight excluding hydrogens is 260 g/mol. The fraction of sp³-hybridized carbons (Fsp3) is 0.167. The van der Waals surface area contributed by atoms with Crippen LogP contribution in [0.4, 0.5) is 0 Å². The molecule has 0 unspecified atom stereocenters. The van der Waals surface area contributed by atoms with E-state index in [1.807, 2.05) is 55.5 Å². The van der Waals surface area contributed by atoms with E-state index in [0.717, 1.165) is 27.9 Å². The van der Waals surface area contributed by atoms with Crippen LogP contribution in [0.15, 0.2) is 54.6 Å². The summed E-state index contributed by atoms with van der Waals surface area (Å²) in [6.45, 7) is 4.67. The zero-order valence-corrected chi connectivity index (χ0v) is 12.2. The highest BCUT2D eigenvalue weighted by molar-refractivity contribution is 5.85. The van der Waals surface area contributed by atoms with E-state index in [2.05, 4.69) is 18.1 Å². The van der Waals surface area contributed by atoms with E-state index in [9.17, 15) is 5.11 Å². The van der Waals surface area contributed by atoms with Crippen LogP contribution in [0.5, 0.6) is 5.88 Å². The van der Waals surface area contributed by atoms with Crippen LogP contribution in [0.2, 0.25) is 0 Å². The van der Waals surface area contributed by atoms with Gasteiger partial charge in [0.15, 0.2) is 0 Å². The molecule has 1 aromatic heterocycles. The summed E-state index contributed by atoms with van der Waals surface area (Å²) < 4.78 is 1.64. The molecule has 0 amide bonds. The van der Waals surface area contributed by atoms with E-state index < -0.39 is 0 Å². The molecule has 3 aromatic rings. The molecule has 2 aromatic carbocycles. The van der Waals surface area contributed by atoms with E-state index in [0.29, 0.717) is 6.54 Å². The van der Waals surface area contributed by atoms with E-state index in [-0.39, 0.29) is 5.88 Å². The average molecular weight is 278 g/mol. The highest BCUT2D eigenvalue weighted by Crippen LogP contribution is 2.39. The Morgan fingerprint density at radius 1 is 1.00 bits per heavy atom. The molecule has 106 valence electrons. The second-order valence-electron chi connectivity index (χ2n) is 5.04. The summed E-state index contributed by atoms with van der Waals surface area (Å²) >= 11 is 0. The Hall–Kier alpha value is -2.55. The number of aryl methyl sites for hydroxylation is 2. The summed E-state index contributed by atoms with van der Waals surface area (Å²) in [5, 5.41) is 15.1. The number of rotatable bonds is 3. The first-order chi connectivity index (χ1) is 10.2. The topological polar surface area (TPSA) is 38.0 Å². The Morgan fingerprint density at radius 2 is 1.67 bits per heavy atom. The van der Waals surface area contributed by atoms with E-state index in [1.54, 1.807) is 4.68 Å². The first-order valence-electron chi connectivity index (χ1n) is 7.13. The van der Waals surface area contributed by atoms with Gasteiger partial charge < -0.3 is 5.11 Å². The normalized spacial score (nSPS) is 10.8. The summed E-state index contributed by atoms with van der Waals surface area (Å²) in [5.74, 6) is 0.224. The third-order valence-electron chi connectivity index (χ3n) is 3.69. The van der Waals surface area contributed by atoms with Crippen LogP contribution in [0.3, 0.4) is 0 Å². The Labute approximate surface area is 124 Å². The van der Waals surface area contributed by atoms with Gasteiger partial charge in [0.25, 0.3) is 0 Å². The lowest BCUT2D eigenvalue weighted by Crippen LogP contribution is -1.95. The molecule has 0 bridgehead atoms. The van der Waals surface area contributed by atoms with Crippen molar-refractivity contribution in [1.29, 1.82) is 0 Å². The largest absolute Gasteiger partial charge is 0.493 e. The summed E-state index contributed by atoms with van der Waals surface area (Å²) in [6.07, 6.45) is 0. The van der Waals surface area contributed by atoms with Crippen molar-refractivity contribution in [3.05, 3.63) is 60.2 Å². The van der Waals surface area contributed by atoms with E-state index in [1.165, 1.54) is 0 Å². The molecule has 1 N–H and O–H groups in total. The maximum atomic E-state index is 10.5. The highest BCUT2D eigenvalue weighted by atomic mass is 16.3. The Morgan fingerprint density at radius 3 is 2.33 bits per heavy atom. The minimum Gasteiger partial charge on any atom is -0.493 e. The Balaban J connectivity index is 2.29. The van der Waals surface area contributed by atoms with Crippen LogP contribution >= 0.6 is 0 Å². The van der Waals surface area contributed by atoms with E-state index in [4.69, 9.17) is 0 Å². The van der Waals surface area contributed by atoms with Crippen molar-refractivity contribution in [2.45, 2.75) is 20.4 Å². The van der Waals surface area contributed by atoms with Crippen molar-refractivity contribution in [2.75, 3.05) is 0 Å². The van der Waals surface area contributed by atoms with Crippen molar-refractivity contribution in [1.82, 2.24) is 9.78 Å². The second-order valence-corrected chi connectivity index (χ2v) is 5.04. The third-order valence-corrected chi connectivity index (χ3v) is 3.69. The fourth-order valence-corrected chi connectivity index (χ4v) is 2.57. The van der Waals surface area contributed by atoms with Crippen molar-refractivity contribution >= 4 is 0 Å². The van der Waals surface area contributed by atoms with Crippen molar-refractivity contribution in [2.24, 2.45) is 0 Å². The number of hydrogen-bond acceptors (Lipinski definition) is 2. The van der Waals surface area contributed by atoms with Gasteiger partial charge in [-0.3, -0.25) is 0 Å². The summed E-state index contributed by atoms with van der Waals surface area (Å²) in [6, 6.07) is 18.0. The minimum absolute atomic E-state index is 0.224. The lowest BCUT2D eigenvalue weighted by atomic mass is 9.98. The van der Waals surface area contributed by atoms with Gasteiger partial charge in [0, 0.05) is 12.1 Å². The number of hydrogen-bond donors (Lipinski definition) is 1. The predicted octanol–water partition coefficient (Wildman–Crippen LogP) is 4.25. The molecule has 3 nitrogen and oxygen atoms in total. The van der Waals surface area contributed by atoms with Crippen LogP contribution in [0.25, 0.3) is 22.4 Å². The van der Waals surface area contributed by atoms with Crippen LogP contribution < -0.4 is 0 Å². The molecular formula is C18H18N2O. The number of aromatic hydroxyl groups is 1. The standard InChI is InChI=1S/C18H18N2O/c1-3-20-18(21)16(14-10-5-4-6-11-14)17(19-20)15-12-8-7-9-13(15)2/h4-12,21H,3H2,1-2H3. The molecule has 21 heavy (non-hydrogen) atoms. The molecule has 0 aliphatic heterocycles. The quantitative estimate of drug-likeness (QED) is 0.777. The monoisotopic (exact) mass is 278 g/mol. The smallest absolute Gasteiger partial charge is 0.218 e. The first-order valence-corrected chi connectivity index (χ1v) is 7.13. The van der Waals surface area contributed by atoms with Gasteiger partial charge in [0.05, 0.1) is 5.56 Å². The molecule has 0 saturated heterocycles. The molecule has 3 heteroatoms. The van der Waals surface area contributed by atoms with Crippen molar-refractivity contribution in [3.8, 4) is 28.3 Å². The molecule has 0 atom stereocenters. The molecule has 0 aliphatic carbocycles. The second kappa shape index (κ2) is 5.44. The average Bonchev–Trinajstić information content (AvgIpc) is 2.85. The zero-order chi connectivity index (χ0) is 14.8. The molecule has 0 radical (unpaired) electrons. The summed E-state index contributed by atoms with van der Waals surface area (Å²) in [5.41, 5.74) is 4.81. The van der Waals surface area contributed by atoms with E-state index >= 15 is 0 Å².